The summed E-state index contributed by atoms with van der Waals surface area (Å²) < 4.78 is 14.1. The SMILES string of the molecule is Cc1cc(F)cc2c(N3CCN(C(=O)c4cccc(Cl)c4)CC3)c(C#N)cnc12. The molecule has 1 aliphatic heterocycles. The number of pyridine rings is 1. The molecule has 0 radical (unpaired) electrons. The number of hydrogen-bond donors (Lipinski definition) is 0. The van der Waals surface area contributed by atoms with E-state index >= 15 is 0 Å². The van der Waals surface area contributed by atoms with Gasteiger partial charge in [0.2, 0.25) is 0 Å². The van der Waals surface area contributed by atoms with Gasteiger partial charge in [0.25, 0.3) is 5.91 Å². The Labute approximate surface area is 172 Å². The number of anilines is 1. The number of carbonyl (C=O) groups excluding carboxylic acids is 1. The van der Waals surface area contributed by atoms with Crippen LogP contribution in [0.15, 0.2) is 42.6 Å². The Morgan fingerprint density at radius 1 is 1.21 bits per heavy atom. The van der Waals surface area contributed by atoms with Crippen molar-refractivity contribution < 1.29 is 9.18 Å². The largest absolute Gasteiger partial charge is 0.366 e. The zero-order valence-corrected chi connectivity index (χ0v) is 16.6. The Balaban J connectivity index is 1.63. The predicted molar refractivity (Wildman–Crippen MR) is 111 cm³/mol. The molecule has 1 aromatic heterocycles. The van der Waals surface area contributed by atoms with E-state index < -0.39 is 0 Å². The molecule has 0 saturated carbocycles. The summed E-state index contributed by atoms with van der Waals surface area (Å²) in [6, 6.07) is 11.9. The Morgan fingerprint density at radius 2 is 1.97 bits per heavy atom. The van der Waals surface area contributed by atoms with Crippen molar-refractivity contribution in [1.29, 1.82) is 5.26 Å². The molecular weight excluding hydrogens is 391 g/mol. The third kappa shape index (κ3) is 3.62. The highest BCUT2D eigenvalue weighted by Gasteiger charge is 2.25. The molecule has 5 nitrogen and oxygen atoms in total. The topological polar surface area (TPSA) is 60.2 Å². The molecule has 146 valence electrons. The molecule has 1 aliphatic rings. The number of aryl methyl sites for hydroxylation is 1. The van der Waals surface area contributed by atoms with E-state index in [4.69, 9.17) is 11.6 Å². The molecule has 0 bridgehead atoms. The minimum Gasteiger partial charge on any atom is -0.366 e. The van der Waals surface area contributed by atoms with Crippen LogP contribution < -0.4 is 4.90 Å². The fourth-order valence-electron chi connectivity index (χ4n) is 3.78. The molecule has 2 heterocycles. The van der Waals surface area contributed by atoms with Crippen LogP contribution in [0.4, 0.5) is 10.1 Å². The van der Waals surface area contributed by atoms with Gasteiger partial charge in [0, 0.05) is 48.3 Å². The first-order chi connectivity index (χ1) is 14.0. The lowest BCUT2D eigenvalue weighted by Crippen LogP contribution is -2.49. The highest BCUT2D eigenvalue weighted by molar-refractivity contribution is 6.30. The van der Waals surface area contributed by atoms with Gasteiger partial charge in [-0.05, 0) is 42.8 Å². The van der Waals surface area contributed by atoms with E-state index in [0.717, 1.165) is 5.56 Å². The summed E-state index contributed by atoms with van der Waals surface area (Å²) in [6.45, 7) is 3.86. The second kappa shape index (κ2) is 7.69. The number of carbonyl (C=O) groups is 1. The summed E-state index contributed by atoms with van der Waals surface area (Å²) in [6.07, 6.45) is 1.53. The molecule has 0 atom stereocenters. The summed E-state index contributed by atoms with van der Waals surface area (Å²) in [7, 11) is 0. The molecule has 1 amide bonds. The van der Waals surface area contributed by atoms with E-state index in [1.807, 2.05) is 4.90 Å². The van der Waals surface area contributed by atoms with Crippen molar-refractivity contribution in [3.05, 3.63) is 70.1 Å². The third-order valence-electron chi connectivity index (χ3n) is 5.17. The molecule has 0 unspecified atom stereocenters. The second-order valence-electron chi connectivity index (χ2n) is 7.04. The number of benzene rings is 2. The van der Waals surface area contributed by atoms with Crippen LogP contribution in [0.1, 0.15) is 21.5 Å². The first-order valence-corrected chi connectivity index (χ1v) is 9.64. The lowest BCUT2D eigenvalue weighted by Gasteiger charge is -2.37. The highest BCUT2D eigenvalue weighted by Crippen LogP contribution is 2.32. The number of rotatable bonds is 2. The van der Waals surface area contributed by atoms with Gasteiger partial charge in [-0.25, -0.2) is 4.39 Å². The number of nitrogens with zero attached hydrogens (tertiary/aromatic N) is 4. The number of halogens is 2. The van der Waals surface area contributed by atoms with Crippen LogP contribution in [0, 0.1) is 24.1 Å². The standard InChI is InChI=1S/C22H18ClFN4O/c1-14-9-18(24)11-19-20(14)26-13-16(12-25)21(19)27-5-7-28(8-6-27)22(29)15-3-2-4-17(23)10-15/h2-4,9-11,13H,5-8H2,1H3. The number of hydrogen-bond acceptors (Lipinski definition) is 4. The molecule has 1 fully saturated rings. The smallest absolute Gasteiger partial charge is 0.254 e. The van der Waals surface area contributed by atoms with Crippen LogP contribution >= 0.6 is 11.6 Å². The summed E-state index contributed by atoms with van der Waals surface area (Å²) in [5.41, 5.74) is 3.03. The van der Waals surface area contributed by atoms with Gasteiger partial charge in [-0.1, -0.05) is 17.7 Å². The van der Waals surface area contributed by atoms with Crippen molar-refractivity contribution in [3.8, 4) is 6.07 Å². The first-order valence-electron chi connectivity index (χ1n) is 9.26. The Bertz CT molecular complexity index is 1150. The van der Waals surface area contributed by atoms with Gasteiger partial charge in [0.05, 0.1) is 16.8 Å². The minimum absolute atomic E-state index is 0.0749. The number of fused-ring (bicyclic) bond motifs is 1. The molecule has 0 spiro atoms. The first kappa shape index (κ1) is 19.2. The van der Waals surface area contributed by atoms with Gasteiger partial charge in [-0.2, -0.15) is 5.26 Å². The number of piperazine rings is 1. The lowest BCUT2D eigenvalue weighted by molar-refractivity contribution is 0.0747. The van der Waals surface area contributed by atoms with Crippen LogP contribution in [0.5, 0.6) is 0 Å². The number of amides is 1. The molecule has 0 aliphatic carbocycles. The highest BCUT2D eigenvalue weighted by atomic mass is 35.5. The van der Waals surface area contributed by atoms with E-state index in [2.05, 4.69) is 11.1 Å². The van der Waals surface area contributed by atoms with Gasteiger partial charge >= 0.3 is 0 Å². The molecule has 4 rings (SSSR count). The maximum Gasteiger partial charge on any atom is 0.254 e. The van der Waals surface area contributed by atoms with Gasteiger partial charge < -0.3 is 9.80 Å². The fourth-order valence-corrected chi connectivity index (χ4v) is 3.97. The van der Waals surface area contributed by atoms with Crippen molar-refractivity contribution in [3.63, 3.8) is 0 Å². The summed E-state index contributed by atoms with van der Waals surface area (Å²) >= 11 is 6.00. The Morgan fingerprint density at radius 3 is 2.66 bits per heavy atom. The fraction of sp³-hybridized carbons (Fsp3) is 0.227. The predicted octanol–water partition coefficient (Wildman–Crippen LogP) is 4.17. The van der Waals surface area contributed by atoms with Crippen LogP contribution in [-0.2, 0) is 0 Å². The van der Waals surface area contributed by atoms with E-state index in [1.54, 1.807) is 36.1 Å². The van der Waals surface area contributed by atoms with E-state index in [0.29, 0.717) is 58.9 Å². The minimum atomic E-state index is -0.358. The Hall–Kier alpha value is -3.17. The van der Waals surface area contributed by atoms with Crippen LogP contribution in [0.25, 0.3) is 10.9 Å². The average Bonchev–Trinajstić information content (AvgIpc) is 2.72. The van der Waals surface area contributed by atoms with Gasteiger partial charge in [-0.3, -0.25) is 9.78 Å². The number of nitriles is 1. The van der Waals surface area contributed by atoms with Crippen molar-refractivity contribution in [2.24, 2.45) is 0 Å². The van der Waals surface area contributed by atoms with E-state index in [-0.39, 0.29) is 11.7 Å². The van der Waals surface area contributed by atoms with Gasteiger partial charge in [-0.15, -0.1) is 0 Å². The van der Waals surface area contributed by atoms with Gasteiger partial charge in [0.1, 0.15) is 11.9 Å². The molecule has 29 heavy (non-hydrogen) atoms. The lowest BCUT2D eigenvalue weighted by atomic mass is 10.0. The van der Waals surface area contributed by atoms with E-state index in [1.165, 1.54) is 18.3 Å². The number of aromatic nitrogens is 1. The summed E-state index contributed by atoms with van der Waals surface area (Å²) in [5.74, 6) is -0.433. The monoisotopic (exact) mass is 408 g/mol. The Kier molecular flexibility index (Phi) is 5.08. The zero-order chi connectivity index (χ0) is 20.5. The zero-order valence-electron chi connectivity index (χ0n) is 15.8. The molecule has 1 saturated heterocycles. The summed E-state index contributed by atoms with van der Waals surface area (Å²) in [4.78, 5) is 20.9. The van der Waals surface area contributed by atoms with Crippen LogP contribution in [-0.4, -0.2) is 42.0 Å². The third-order valence-corrected chi connectivity index (χ3v) is 5.41. The molecule has 7 heteroatoms. The van der Waals surface area contributed by atoms with Crippen molar-refractivity contribution in [1.82, 2.24) is 9.88 Å². The quantitative estimate of drug-likeness (QED) is 0.638. The van der Waals surface area contributed by atoms with Gasteiger partial charge in [0.15, 0.2) is 0 Å². The second-order valence-corrected chi connectivity index (χ2v) is 7.48. The van der Waals surface area contributed by atoms with Crippen molar-refractivity contribution >= 4 is 34.1 Å². The van der Waals surface area contributed by atoms with Crippen LogP contribution in [0.3, 0.4) is 0 Å². The molecule has 2 aromatic carbocycles. The average molecular weight is 409 g/mol. The maximum absolute atomic E-state index is 14.1. The summed E-state index contributed by atoms with van der Waals surface area (Å²) in [5, 5.41) is 10.7. The van der Waals surface area contributed by atoms with Crippen molar-refractivity contribution in [2.75, 3.05) is 31.1 Å². The molecule has 0 N–H and O–H groups in total. The molecule has 3 aromatic rings. The normalized spacial score (nSPS) is 14.1. The molecular formula is C22H18ClFN4O. The maximum atomic E-state index is 14.1. The van der Waals surface area contributed by atoms with Crippen molar-refractivity contribution in [2.45, 2.75) is 6.92 Å². The van der Waals surface area contributed by atoms with E-state index in [9.17, 15) is 14.4 Å². The van der Waals surface area contributed by atoms with Crippen LogP contribution in [0.2, 0.25) is 5.02 Å².